The van der Waals surface area contributed by atoms with Gasteiger partial charge in [0.1, 0.15) is 28.5 Å². The van der Waals surface area contributed by atoms with Crippen molar-refractivity contribution in [2.45, 2.75) is 49.3 Å². The standard InChI is InChI=1S/C22H23F2N3O5S.C17H15F2N3O3S.ClH/c1-22(2,3)32-21(29)26(4)12-14-13-27(33(30,31)16-9-7-15(28)8-10-16)19(18(14)23)17-6-5-11-25-20(17)24;1-20-9-11-10-22(26(24,25)13-6-4-12(23)5-7-13)16(15(11)18)14-3-2-8-21-17(14)19;/h5-11,13,28H,12H2,1-4H3;2-8,10,20,23H,9H2,1H3;1H. The van der Waals surface area contributed by atoms with Gasteiger partial charge in [-0.3, -0.25) is 0 Å². The molecule has 4 aromatic heterocycles. The number of amides is 1. The molecule has 0 atom stereocenters. The molecule has 6 aromatic rings. The molecule has 0 radical (unpaired) electrons. The summed E-state index contributed by atoms with van der Waals surface area (Å²) < 4.78 is 118. The monoisotopic (exact) mass is 894 g/mol. The maximum absolute atomic E-state index is 15.5. The summed E-state index contributed by atoms with van der Waals surface area (Å²) in [5.74, 6) is -4.21. The number of nitrogens with zero attached hydrogens (tertiary/aromatic N) is 5. The molecule has 3 N–H and O–H groups in total. The van der Waals surface area contributed by atoms with Crippen LogP contribution < -0.4 is 5.32 Å². The number of halogens is 5. The van der Waals surface area contributed by atoms with Gasteiger partial charge in [0.25, 0.3) is 20.0 Å². The minimum atomic E-state index is -4.40. The molecule has 0 bridgehead atoms. The normalized spacial score (nSPS) is 11.6. The molecule has 14 nitrogen and oxygen atoms in total. The van der Waals surface area contributed by atoms with Crippen molar-refractivity contribution >= 4 is 38.5 Å². The van der Waals surface area contributed by atoms with Crippen LogP contribution in [0.5, 0.6) is 11.5 Å². The lowest BCUT2D eigenvalue weighted by molar-refractivity contribution is 0.0284. The molecule has 2 aromatic carbocycles. The third-order valence-electron chi connectivity index (χ3n) is 8.26. The molecule has 0 saturated carbocycles. The third-order valence-corrected chi connectivity index (χ3v) is 11.6. The molecule has 0 aliphatic rings. The molecule has 6 rings (SSSR count). The molecule has 0 spiro atoms. The summed E-state index contributed by atoms with van der Waals surface area (Å²) >= 11 is 0. The van der Waals surface area contributed by atoms with Crippen LogP contribution in [-0.2, 0) is 37.9 Å². The predicted molar refractivity (Wildman–Crippen MR) is 214 cm³/mol. The molecule has 4 heterocycles. The fraction of sp³-hybridized carbons (Fsp3) is 0.205. The molecule has 0 saturated heterocycles. The number of carbonyl (C=O) groups is 1. The van der Waals surface area contributed by atoms with E-state index in [9.17, 15) is 45.0 Å². The number of carbonyl (C=O) groups excluding carboxylic acids is 1. The summed E-state index contributed by atoms with van der Waals surface area (Å²) in [6, 6.07) is 14.6. The van der Waals surface area contributed by atoms with E-state index in [1.54, 1.807) is 27.8 Å². The predicted octanol–water partition coefficient (Wildman–Crippen LogP) is 7.05. The summed E-state index contributed by atoms with van der Waals surface area (Å²) in [6.45, 7) is 4.72. The molecule has 0 fully saturated rings. The fourth-order valence-corrected chi connectivity index (χ4v) is 8.33. The molecular weight excluding hydrogens is 856 g/mol. The van der Waals surface area contributed by atoms with Crippen LogP contribution in [0.15, 0.2) is 107 Å². The number of nitrogens with one attached hydrogen (secondary N) is 1. The van der Waals surface area contributed by atoms with Crippen LogP contribution in [-0.4, -0.2) is 75.7 Å². The van der Waals surface area contributed by atoms with Gasteiger partial charge in [0.05, 0.1) is 27.5 Å². The lowest BCUT2D eigenvalue weighted by Gasteiger charge is -2.24. The van der Waals surface area contributed by atoms with Crippen molar-refractivity contribution in [2.24, 2.45) is 0 Å². The summed E-state index contributed by atoms with van der Waals surface area (Å²) in [4.78, 5) is 19.9. The van der Waals surface area contributed by atoms with E-state index in [0.29, 0.717) is 7.94 Å². The van der Waals surface area contributed by atoms with E-state index >= 15 is 4.39 Å². The second kappa shape index (κ2) is 18.5. The highest BCUT2D eigenvalue weighted by Gasteiger charge is 2.31. The van der Waals surface area contributed by atoms with Crippen molar-refractivity contribution in [2.75, 3.05) is 14.1 Å². The Labute approximate surface area is 349 Å². The zero-order valence-corrected chi connectivity index (χ0v) is 34.9. The van der Waals surface area contributed by atoms with E-state index in [1.807, 2.05) is 0 Å². The molecule has 21 heteroatoms. The Bertz CT molecular complexity index is 2710. The van der Waals surface area contributed by atoms with Gasteiger partial charge < -0.3 is 25.2 Å². The molecule has 0 aliphatic carbocycles. The van der Waals surface area contributed by atoms with Crippen LogP contribution in [0.1, 0.15) is 31.9 Å². The average molecular weight is 895 g/mol. The summed E-state index contributed by atoms with van der Waals surface area (Å²) in [5.41, 5.74) is -2.55. The average Bonchev–Trinajstić information content (AvgIpc) is 3.68. The van der Waals surface area contributed by atoms with Gasteiger partial charge in [-0.15, -0.1) is 12.4 Å². The van der Waals surface area contributed by atoms with Gasteiger partial charge in [-0.1, -0.05) is 0 Å². The Morgan fingerprint density at radius 1 is 0.733 bits per heavy atom. The number of hydrogen-bond donors (Lipinski definition) is 3. The number of phenolic OH excluding ortho intramolecular Hbond substituents is 2. The molecule has 0 unspecified atom stereocenters. The molecular formula is C39H39ClF4N6O8S2. The van der Waals surface area contributed by atoms with E-state index < -0.39 is 66.7 Å². The highest BCUT2D eigenvalue weighted by Crippen LogP contribution is 2.34. The van der Waals surface area contributed by atoms with Crippen LogP contribution in [0, 0.1) is 23.5 Å². The van der Waals surface area contributed by atoms with Crippen LogP contribution in [0.4, 0.5) is 22.4 Å². The SMILES string of the molecule is CN(Cc1cn(S(=O)(=O)c2ccc(O)cc2)c(-c2cccnc2F)c1F)C(=O)OC(C)(C)C.CNCc1cn(S(=O)(=O)c2ccc(O)cc2)c(-c2cccnc2F)c1F.Cl. The van der Waals surface area contributed by atoms with Gasteiger partial charge in [-0.2, -0.15) is 8.78 Å². The van der Waals surface area contributed by atoms with E-state index in [0.717, 1.165) is 47.8 Å². The zero-order valence-electron chi connectivity index (χ0n) is 32.5. The Morgan fingerprint density at radius 3 is 1.52 bits per heavy atom. The summed E-state index contributed by atoms with van der Waals surface area (Å²) in [7, 11) is -5.69. The number of phenols is 2. The van der Waals surface area contributed by atoms with Crippen molar-refractivity contribution < 1.29 is 54.1 Å². The minimum absolute atomic E-state index is 0. The van der Waals surface area contributed by atoms with Gasteiger partial charge in [-0.05, 0) is 101 Å². The third kappa shape index (κ3) is 10.1. The van der Waals surface area contributed by atoms with Gasteiger partial charge in [0.2, 0.25) is 11.9 Å². The first kappa shape index (κ1) is 46.7. The summed E-state index contributed by atoms with van der Waals surface area (Å²) in [6.07, 6.45) is 3.68. The van der Waals surface area contributed by atoms with E-state index in [2.05, 4.69) is 15.3 Å². The highest BCUT2D eigenvalue weighted by atomic mass is 35.5. The van der Waals surface area contributed by atoms with Crippen molar-refractivity contribution in [1.82, 2.24) is 28.1 Å². The maximum atomic E-state index is 15.5. The number of pyridine rings is 2. The van der Waals surface area contributed by atoms with Crippen LogP contribution >= 0.6 is 12.4 Å². The Hall–Kier alpha value is -5.96. The molecule has 320 valence electrons. The van der Waals surface area contributed by atoms with E-state index in [1.165, 1.54) is 61.8 Å². The first-order valence-electron chi connectivity index (χ1n) is 17.4. The van der Waals surface area contributed by atoms with Crippen molar-refractivity contribution in [3.8, 4) is 34.0 Å². The lowest BCUT2D eigenvalue weighted by Crippen LogP contribution is -2.33. The zero-order chi connectivity index (χ0) is 43.4. The van der Waals surface area contributed by atoms with E-state index in [-0.39, 0.29) is 69.0 Å². The number of hydrogen-bond acceptors (Lipinski definition) is 11. The lowest BCUT2D eigenvalue weighted by atomic mass is 10.1. The minimum Gasteiger partial charge on any atom is -0.508 e. The van der Waals surface area contributed by atoms with Gasteiger partial charge in [0, 0.05) is 49.5 Å². The second-order valence-corrected chi connectivity index (χ2v) is 17.4. The largest absolute Gasteiger partial charge is 0.508 e. The number of aromatic nitrogens is 4. The van der Waals surface area contributed by atoms with Gasteiger partial charge in [-0.25, -0.2) is 48.3 Å². The van der Waals surface area contributed by atoms with Crippen LogP contribution in [0.2, 0.25) is 0 Å². The number of ether oxygens (including phenoxy) is 1. The number of rotatable bonds is 10. The van der Waals surface area contributed by atoms with E-state index in [4.69, 9.17) is 4.74 Å². The van der Waals surface area contributed by atoms with Crippen molar-refractivity contribution in [3.63, 3.8) is 0 Å². The van der Waals surface area contributed by atoms with Gasteiger partial charge in [0.15, 0.2) is 11.6 Å². The molecule has 1 amide bonds. The second-order valence-electron chi connectivity index (χ2n) is 13.8. The first-order chi connectivity index (χ1) is 27.7. The van der Waals surface area contributed by atoms with Crippen molar-refractivity contribution in [1.29, 1.82) is 0 Å². The molecule has 60 heavy (non-hydrogen) atoms. The van der Waals surface area contributed by atoms with Crippen LogP contribution in [0.25, 0.3) is 22.5 Å². The Kier molecular flexibility index (Phi) is 14.4. The quantitative estimate of drug-likeness (QED) is 0.0946. The van der Waals surface area contributed by atoms with Crippen molar-refractivity contribution in [3.05, 3.63) is 132 Å². The van der Waals surface area contributed by atoms with Gasteiger partial charge >= 0.3 is 6.09 Å². The Morgan fingerprint density at radius 2 is 1.13 bits per heavy atom. The first-order valence-corrected chi connectivity index (χ1v) is 20.2. The Balaban J connectivity index is 0.000000267. The fourth-order valence-electron chi connectivity index (χ4n) is 5.55. The molecule has 0 aliphatic heterocycles. The smallest absolute Gasteiger partial charge is 0.410 e. The van der Waals surface area contributed by atoms with Crippen LogP contribution in [0.3, 0.4) is 0 Å². The highest BCUT2D eigenvalue weighted by molar-refractivity contribution is 7.90. The number of benzene rings is 2. The topological polar surface area (TPSA) is 186 Å². The number of aromatic hydroxyl groups is 2. The maximum Gasteiger partial charge on any atom is 0.410 e. The summed E-state index contributed by atoms with van der Waals surface area (Å²) in [5, 5.41) is 21.6.